The fourth-order valence-electron chi connectivity index (χ4n) is 1.10. The van der Waals surface area contributed by atoms with Crippen molar-refractivity contribution in [3.05, 3.63) is 40.4 Å². The molecule has 0 fully saturated rings. The van der Waals surface area contributed by atoms with Crippen molar-refractivity contribution >= 4 is 29.2 Å². The zero-order valence-electron chi connectivity index (χ0n) is 7.11. The summed E-state index contributed by atoms with van der Waals surface area (Å²) in [5.74, 6) is 0. The van der Waals surface area contributed by atoms with E-state index >= 15 is 0 Å². The molecule has 0 aliphatic rings. The quantitative estimate of drug-likeness (QED) is 0.578. The molecule has 0 N–H and O–H groups in total. The molecule has 0 amide bonds. The van der Waals surface area contributed by atoms with Gasteiger partial charge in [-0.05, 0) is 24.3 Å². The Bertz CT molecular complexity index is 467. The lowest BCUT2D eigenvalue weighted by molar-refractivity contribution is 0.112. The highest BCUT2D eigenvalue weighted by Gasteiger charge is 2.03. The molecule has 2 aromatic rings. The van der Waals surface area contributed by atoms with E-state index in [9.17, 15) is 4.79 Å². The molecule has 2 nitrogen and oxygen atoms in total. The van der Waals surface area contributed by atoms with E-state index in [1.807, 2.05) is 18.2 Å². The Balaban J connectivity index is 2.43. The number of thiophene rings is 1. The molecule has 4 heteroatoms. The molecule has 70 valence electrons. The predicted octanol–water partition coefficient (Wildman–Crippen LogP) is 3.28. The van der Waals surface area contributed by atoms with Gasteiger partial charge in [0.1, 0.15) is 5.15 Å². The van der Waals surface area contributed by atoms with Crippen LogP contribution in [-0.4, -0.2) is 11.3 Å². The molecule has 0 saturated carbocycles. The van der Waals surface area contributed by atoms with Crippen LogP contribution in [0.15, 0.2) is 30.3 Å². The van der Waals surface area contributed by atoms with E-state index in [0.29, 0.717) is 10.0 Å². The fraction of sp³-hybridized carbons (Fsp3) is 0. The first kappa shape index (κ1) is 9.37. The number of halogens is 1. The molecule has 0 aromatic carbocycles. The van der Waals surface area contributed by atoms with Gasteiger partial charge in [0.25, 0.3) is 0 Å². The fourth-order valence-corrected chi connectivity index (χ4v) is 2.06. The number of hydrogen-bond acceptors (Lipinski definition) is 3. The largest absolute Gasteiger partial charge is 0.297 e. The van der Waals surface area contributed by atoms with Crippen LogP contribution in [0.4, 0.5) is 0 Å². The Morgan fingerprint density at radius 3 is 2.79 bits per heavy atom. The summed E-state index contributed by atoms with van der Waals surface area (Å²) in [5, 5.41) is 0.462. The molecular weight excluding hydrogens is 218 g/mol. The maximum atomic E-state index is 10.5. The Hall–Kier alpha value is -1.19. The number of carbonyl (C=O) groups excluding carboxylic acids is 1. The zero-order valence-corrected chi connectivity index (χ0v) is 8.68. The van der Waals surface area contributed by atoms with Crippen LogP contribution in [0.1, 0.15) is 9.67 Å². The molecule has 0 unspecified atom stereocenters. The second-order valence-corrected chi connectivity index (χ2v) is 4.17. The highest BCUT2D eigenvalue weighted by molar-refractivity contribution is 7.17. The summed E-state index contributed by atoms with van der Waals surface area (Å²) in [6.07, 6.45) is 0.832. The van der Waals surface area contributed by atoms with Crippen molar-refractivity contribution in [2.24, 2.45) is 0 Å². The minimum absolute atomic E-state index is 0.462. The van der Waals surface area contributed by atoms with Gasteiger partial charge in [0.15, 0.2) is 6.29 Å². The minimum Gasteiger partial charge on any atom is -0.297 e. The number of aromatic nitrogens is 1. The predicted molar refractivity (Wildman–Crippen MR) is 57.9 cm³/mol. The van der Waals surface area contributed by atoms with Crippen LogP contribution in [0, 0.1) is 0 Å². The normalized spacial score (nSPS) is 10.1. The molecule has 2 heterocycles. The molecule has 0 spiro atoms. The first-order valence-electron chi connectivity index (χ1n) is 3.97. The van der Waals surface area contributed by atoms with E-state index in [4.69, 9.17) is 11.6 Å². The van der Waals surface area contributed by atoms with Crippen molar-refractivity contribution in [3.63, 3.8) is 0 Å². The molecule has 2 rings (SSSR count). The maximum absolute atomic E-state index is 10.5. The van der Waals surface area contributed by atoms with E-state index < -0.39 is 0 Å². The van der Waals surface area contributed by atoms with Crippen LogP contribution >= 0.6 is 22.9 Å². The zero-order chi connectivity index (χ0) is 9.97. The second kappa shape index (κ2) is 3.90. The van der Waals surface area contributed by atoms with Gasteiger partial charge in [-0.1, -0.05) is 17.7 Å². The van der Waals surface area contributed by atoms with E-state index in [-0.39, 0.29) is 0 Å². The van der Waals surface area contributed by atoms with Gasteiger partial charge in [-0.3, -0.25) is 4.79 Å². The molecule has 2 aromatic heterocycles. The van der Waals surface area contributed by atoms with Gasteiger partial charge < -0.3 is 0 Å². The molecule has 0 aliphatic carbocycles. The lowest BCUT2D eigenvalue weighted by atomic mass is 10.3. The average molecular weight is 224 g/mol. The topological polar surface area (TPSA) is 30.0 Å². The SMILES string of the molecule is O=Cc1ccc(-c2cccc(Cl)n2)s1. The van der Waals surface area contributed by atoms with Crippen LogP contribution in [-0.2, 0) is 0 Å². The lowest BCUT2D eigenvalue weighted by Gasteiger charge is -1.95. The van der Waals surface area contributed by atoms with Crippen molar-refractivity contribution in [1.82, 2.24) is 4.98 Å². The van der Waals surface area contributed by atoms with Crippen LogP contribution < -0.4 is 0 Å². The first-order chi connectivity index (χ1) is 6.79. The Morgan fingerprint density at radius 1 is 1.29 bits per heavy atom. The summed E-state index contributed by atoms with van der Waals surface area (Å²) in [5.41, 5.74) is 0.801. The van der Waals surface area contributed by atoms with Gasteiger partial charge in [-0.15, -0.1) is 11.3 Å². The van der Waals surface area contributed by atoms with E-state index in [1.54, 1.807) is 12.1 Å². The molecule has 0 bridgehead atoms. The van der Waals surface area contributed by atoms with E-state index in [0.717, 1.165) is 16.9 Å². The van der Waals surface area contributed by atoms with Crippen molar-refractivity contribution in [2.45, 2.75) is 0 Å². The van der Waals surface area contributed by atoms with Crippen molar-refractivity contribution in [3.8, 4) is 10.6 Å². The van der Waals surface area contributed by atoms with Gasteiger partial charge in [0.2, 0.25) is 0 Å². The third-order valence-corrected chi connectivity index (χ3v) is 2.95. The van der Waals surface area contributed by atoms with Crippen LogP contribution in [0.5, 0.6) is 0 Å². The smallest absolute Gasteiger partial charge is 0.160 e. The number of nitrogens with zero attached hydrogens (tertiary/aromatic N) is 1. The number of pyridine rings is 1. The second-order valence-electron chi connectivity index (χ2n) is 2.67. The molecule has 0 atom stereocenters. The standard InChI is InChI=1S/C10H6ClNOS/c11-10-3-1-2-8(12-10)9-5-4-7(6-13)14-9/h1-6H. The Morgan fingerprint density at radius 2 is 2.14 bits per heavy atom. The summed E-state index contributed by atoms with van der Waals surface area (Å²) in [7, 11) is 0. The van der Waals surface area contributed by atoms with Crippen molar-refractivity contribution in [2.75, 3.05) is 0 Å². The summed E-state index contributed by atoms with van der Waals surface area (Å²) in [4.78, 5) is 16.3. The van der Waals surface area contributed by atoms with Gasteiger partial charge in [0, 0.05) is 0 Å². The van der Waals surface area contributed by atoms with Crippen LogP contribution in [0.2, 0.25) is 5.15 Å². The summed E-state index contributed by atoms with van der Waals surface area (Å²) < 4.78 is 0. The number of carbonyl (C=O) groups is 1. The minimum atomic E-state index is 0.462. The van der Waals surface area contributed by atoms with E-state index in [2.05, 4.69) is 4.98 Å². The number of rotatable bonds is 2. The van der Waals surface area contributed by atoms with Crippen molar-refractivity contribution in [1.29, 1.82) is 0 Å². The monoisotopic (exact) mass is 223 g/mol. The summed E-state index contributed by atoms with van der Waals surface area (Å²) in [6.45, 7) is 0. The number of aldehydes is 1. The Kier molecular flexibility index (Phi) is 2.61. The highest BCUT2D eigenvalue weighted by atomic mass is 35.5. The molecule has 0 aliphatic heterocycles. The van der Waals surface area contributed by atoms with Crippen LogP contribution in [0.25, 0.3) is 10.6 Å². The summed E-state index contributed by atoms with van der Waals surface area (Å²) in [6, 6.07) is 9.07. The van der Waals surface area contributed by atoms with E-state index in [1.165, 1.54) is 11.3 Å². The third kappa shape index (κ3) is 1.84. The molecule has 14 heavy (non-hydrogen) atoms. The Labute approximate surface area is 90.2 Å². The molecule has 0 saturated heterocycles. The molecular formula is C10H6ClNOS. The summed E-state index contributed by atoms with van der Waals surface area (Å²) >= 11 is 7.16. The van der Waals surface area contributed by atoms with Gasteiger partial charge in [-0.2, -0.15) is 0 Å². The van der Waals surface area contributed by atoms with Crippen LogP contribution in [0.3, 0.4) is 0 Å². The third-order valence-electron chi connectivity index (χ3n) is 1.71. The van der Waals surface area contributed by atoms with Crippen molar-refractivity contribution < 1.29 is 4.79 Å². The van der Waals surface area contributed by atoms with Gasteiger partial charge in [0.05, 0.1) is 15.4 Å². The first-order valence-corrected chi connectivity index (χ1v) is 5.17. The van der Waals surface area contributed by atoms with Gasteiger partial charge >= 0.3 is 0 Å². The van der Waals surface area contributed by atoms with Gasteiger partial charge in [-0.25, -0.2) is 4.98 Å². The molecule has 0 radical (unpaired) electrons. The highest BCUT2D eigenvalue weighted by Crippen LogP contribution is 2.26. The average Bonchev–Trinajstić information content (AvgIpc) is 2.66. The number of hydrogen-bond donors (Lipinski definition) is 0. The lowest BCUT2D eigenvalue weighted by Crippen LogP contribution is -1.78. The maximum Gasteiger partial charge on any atom is 0.160 e.